The second-order valence-electron chi connectivity index (χ2n) is 8.06. The molecule has 2 aliphatic heterocycles. The minimum Gasteiger partial charge on any atom is -0.491 e. The maximum Gasteiger partial charge on any atom is 0.211 e. The third-order valence-corrected chi connectivity index (χ3v) is 6.69. The number of rotatable bonds is 5. The fourth-order valence-electron chi connectivity index (χ4n) is 3.95. The van der Waals surface area contributed by atoms with Gasteiger partial charge in [-0.25, -0.2) is 17.7 Å². The summed E-state index contributed by atoms with van der Waals surface area (Å²) in [6.45, 7) is 7.12. The molecule has 1 aromatic carbocycles. The third-order valence-electron chi connectivity index (χ3n) is 5.38. The van der Waals surface area contributed by atoms with Crippen molar-refractivity contribution in [2.75, 3.05) is 37.3 Å². The summed E-state index contributed by atoms with van der Waals surface area (Å²) < 4.78 is 31.2. The van der Waals surface area contributed by atoms with Crippen molar-refractivity contribution in [3.05, 3.63) is 53.2 Å². The van der Waals surface area contributed by atoms with Crippen LogP contribution in [0.4, 0.5) is 5.82 Å². The van der Waals surface area contributed by atoms with Crippen molar-refractivity contribution >= 4 is 21.6 Å². The maximum absolute atomic E-state index is 11.9. The fraction of sp³-hybridized carbons (Fsp3) is 0.455. The Morgan fingerprint density at radius 1 is 1.07 bits per heavy atom. The molecule has 0 bridgehead atoms. The predicted molar refractivity (Wildman–Crippen MR) is 119 cm³/mol. The van der Waals surface area contributed by atoms with Crippen LogP contribution in [0.1, 0.15) is 37.0 Å². The SMILES string of the molecule is CC(C)Oc1ccc2c(c1)C(c1ccnc(N3CCCN(S(C)(=O)=O)CC3)c1)=NC2. The normalized spacial score (nSPS) is 17.6. The zero-order valence-electron chi connectivity index (χ0n) is 17.7. The lowest BCUT2D eigenvalue weighted by Gasteiger charge is -2.22. The van der Waals surface area contributed by atoms with E-state index in [9.17, 15) is 8.42 Å². The molecule has 2 aliphatic rings. The van der Waals surface area contributed by atoms with Gasteiger partial charge in [-0.2, -0.15) is 0 Å². The molecule has 1 fully saturated rings. The molecule has 30 heavy (non-hydrogen) atoms. The molecule has 0 unspecified atom stereocenters. The minimum atomic E-state index is -3.17. The van der Waals surface area contributed by atoms with Crippen LogP contribution < -0.4 is 9.64 Å². The van der Waals surface area contributed by atoms with Gasteiger partial charge < -0.3 is 9.64 Å². The second-order valence-corrected chi connectivity index (χ2v) is 10.0. The summed E-state index contributed by atoms with van der Waals surface area (Å²) in [4.78, 5) is 11.5. The van der Waals surface area contributed by atoms with Gasteiger partial charge in [0.25, 0.3) is 0 Å². The van der Waals surface area contributed by atoms with Gasteiger partial charge in [0.1, 0.15) is 11.6 Å². The van der Waals surface area contributed by atoms with Crippen molar-refractivity contribution in [1.82, 2.24) is 9.29 Å². The topological polar surface area (TPSA) is 75.1 Å². The Morgan fingerprint density at radius 2 is 1.90 bits per heavy atom. The van der Waals surface area contributed by atoms with Crippen molar-refractivity contribution in [3.8, 4) is 5.75 Å². The first kappa shape index (κ1) is 20.8. The van der Waals surface area contributed by atoms with E-state index in [-0.39, 0.29) is 6.10 Å². The van der Waals surface area contributed by atoms with Crippen LogP contribution in [0.5, 0.6) is 5.75 Å². The van der Waals surface area contributed by atoms with E-state index in [1.807, 2.05) is 26.0 Å². The average molecular weight is 429 g/mol. The molecule has 0 saturated carbocycles. The smallest absolute Gasteiger partial charge is 0.211 e. The summed E-state index contributed by atoms with van der Waals surface area (Å²) in [6.07, 6.45) is 3.97. The first-order chi connectivity index (χ1) is 14.3. The van der Waals surface area contributed by atoms with Gasteiger partial charge in [0.05, 0.1) is 24.6 Å². The number of sulfonamides is 1. The Balaban J connectivity index is 1.57. The van der Waals surface area contributed by atoms with E-state index in [1.165, 1.54) is 11.8 Å². The van der Waals surface area contributed by atoms with E-state index >= 15 is 0 Å². The molecule has 160 valence electrons. The van der Waals surface area contributed by atoms with Gasteiger partial charge in [0.2, 0.25) is 10.0 Å². The van der Waals surface area contributed by atoms with Crippen LogP contribution in [0.15, 0.2) is 41.5 Å². The van der Waals surface area contributed by atoms with Crippen LogP contribution in [0.25, 0.3) is 0 Å². The molecule has 0 radical (unpaired) electrons. The van der Waals surface area contributed by atoms with Crippen LogP contribution >= 0.6 is 0 Å². The monoisotopic (exact) mass is 428 g/mol. The van der Waals surface area contributed by atoms with Crippen LogP contribution in [0.2, 0.25) is 0 Å². The number of hydrogen-bond donors (Lipinski definition) is 0. The second kappa shape index (κ2) is 8.35. The molecule has 1 saturated heterocycles. The van der Waals surface area contributed by atoms with Crippen LogP contribution in [0.3, 0.4) is 0 Å². The number of aliphatic imine (C=N–C) groups is 1. The maximum atomic E-state index is 11.9. The van der Waals surface area contributed by atoms with Crippen LogP contribution in [-0.4, -0.2) is 62.0 Å². The van der Waals surface area contributed by atoms with Crippen LogP contribution in [0, 0.1) is 0 Å². The molecule has 7 nitrogen and oxygen atoms in total. The van der Waals surface area contributed by atoms with E-state index in [2.05, 4.69) is 28.1 Å². The van der Waals surface area contributed by atoms with E-state index < -0.39 is 10.0 Å². The lowest BCUT2D eigenvalue weighted by Crippen LogP contribution is -2.34. The van der Waals surface area contributed by atoms with E-state index in [4.69, 9.17) is 9.73 Å². The number of ether oxygens (including phenoxy) is 1. The molecule has 0 amide bonds. The Labute approximate surface area is 178 Å². The molecule has 0 aliphatic carbocycles. The molecule has 2 aromatic rings. The standard InChI is InChI=1S/C22H28N4O3S/c1-16(2)29-19-6-5-18-15-24-22(20(18)14-19)17-7-8-23-21(13-17)25-9-4-10-26(12-11-25)30(3,27)28/h5-8,13-14,16H,4,9-12,15H2,1-3H3. The summed E-state index contributed by atoms with van der Waals surface area (Å²) in [5.74, 6) is 1.70. The Morgan fingerprint density at radius 3 is 2.67 bits per heavy atom. The Bertz CT molecular complexity index is 1070. The van der Waals surface area contributed by atoms with Crippen molar-refractivity contribution in [3.63, 3.8) is 0 Å². The van der Waals surface area contributed by atoms with Gasteiger partial charge >= 0.3 is 0 Å². The molecule has 3 heterocycles. The summed E-state index contributed by atoms with van der Waals surface area (Å²) >= 11 is 0. The summed E-state index contributed by atoms with van der Waals surface area (Å²) in [6, 6.07) is 10.2. The number of benzene rings is 1. The van der Waals surface area contributed by atoms with Gasteiger partial charge in [0, 0.05) is 43.5 Å². The van der Waals surface area contributed by atoms with E-state index in [0.29, 0.717) is 26.2 Å². The zero-order valence-corrected chi connectivity index (χ0v) is 18.5. The largest absolute Gasteiger partial charge is 0.491 e. The molecular weight excluding hydrogens is 400 g/mol. The zero-order chi connectivity index (χ0) is 21.3. The summed E-state index contributed by atoms with van der Waals surface area (Å²) in [5, 5.41) is 0. The highest BCUT2D eigenvalue weighted by Gasteiger charge is 2.23. The van der Waals surface area contributed by atoms with E-state index in [1.54, 1.807) is 10.5 Å². The number of pyridine rings is 1. The van der Waals surface area contributed by atoms with Crippen molar-refractivity contribution < 1.29 is 13.2 Å². The molecule has 0 spiro atoms. The number of anilines is 1. The molecular formula is C22H28N4O3S. The van der Waals surface area contributed by atoms with Crippen molar-refractivity contribution in [2.24, 2.45) is 4.99 Å². The Hall–Kier alpha value is -2.45. The lowest BCUT2D eigenvalue weighted by molar-refractivity contribution is 0.242. The molecule has 0 atom stereocenters. The molecule has 4 rings (SSSR count). The number of aromatic nitrogens is 1. The third kappa shape index (κ3) is 4.49. The number of hydrogen-bond acceptors (Lipinski definition) is 6. The van der Waals surface area contributed by atoms with Gasteiger partial charge in [-0.3, -0.25) is 4.99 Å². The number of fused-ring (bicyclic) bond motifs is 1. The van der Waals surface area contributed by atoms with Gasteiger partial charge in [-0.15, -0.1) is 0 Å². The minimum absolute atomic E-state index is 0.118. The first-order valence-corrected chi connectivity index (χ1v) is 12.2. The molecule has 0 N–H and O–H groups in total. The van der Waals surface area contributed by atoms with Crippen molar-refractivity contribution in [1.29, 1.82) is 0 Å². The quantitative estimate of drug-likeness (QED) is 0.732. The number of nitrogens with zero attached hydrogens (tertiary/aromatic N) is 4. The van der Waals surface area contributed by atoms with E-state index in [0.717, 1.165) is 41.4 Å². The van der Waals surface area contributed by atoms with Crippen molar-refractivity contribution in [2.45, 2.75) is 32.9 Å². The fourth-order valence-corrected chi connectivity index (χ4v) is 4.82. The summed E-state index contributed by atoms with van der Waals surface area (Å²) in [7, 11) is -3.17. The summed E-state index contributed by atoms with van der Waals surface area (Å²) in [5.41, 5.74) is 4.27. The predicted octanol–water partition coefficient (Wildman–Crippen LogP) is 2.69. The average Bonchev–Trinajstić information content (AvgIpc) is 2.93. The highest BCUT2D eigenvalue weighted by molar-refractivity contribution is 7.88. The van der Waals surface area contributed by atoms with Crippen LogP contribution in [-0.2, 0) is 16.6 Å². The molecule has 1 aromatic heterocycles. The van der Waals surface area contributed by atoms with Gasteiger partial charge in [0.15, 0.2) is 0 Å². The first-order valence-electron chi connectivity index (χ1n) is 10.3. The highest BCUT2D eigenvalue weighted by Crippen LogP contribution is 2.28. The highest BCUT2D eigenvalue weighted by atomic mass is 32.2. The lowest BCUT2D eigenvalue weighted by atomic mass is 10.0. The molecule has 8 heteroatoms. The van der Waals surface area contributed by atoms with Gasteiger partial charge in [-0.05, 0) is 50.1 Å². The van der Waals surface area contributed by atoms with Gasteiger partial charge in [-0.1, -0.05) is 6.07 Å². The Kier molecular flexibility index (Phi) is 5.79.